The number of hydrogen-bond donors (Lipinski definition) is 1. The molecule has 2 unspecified atom stereocenters. The van der Waals surface area contributed by atoms with Crippen molar-refractivity contribution in [2.75, 3.05) is 20.1 Å². The molecular weight excluding hydrogens is 344 g/mol. The van der Waals surface area contributed by atoms with Crippen molar-refractivity contribution in [2.45, 2.75) is 98.2 Å². The molecule has 6 heteroatoms. The summed E-state index contributed by atoms with van der Waals surface area (Å²) < 4.78 is 12.2. The second kappa shape index (κ2) is 9.56. The molecule has 0 fully saturated rings. The van der Waals surface area contributed by atoms with E-state index in [1.165, 1.54) is 0 Å². The van der Waals surface area contributed by atoms with Crippen LogP contribution in [-0.4, -0.2) is 57.2 Å². The number of rotatable bonds is 8. The largest absolute Gasteiger partial charge is 0.444 e. The van der Waals surface area contributed by atoms with Gasteiger partial charge in [-0.3, -0.25) is 0 Å². The maximum atomic E-state index is 12.4. The summed E-state index contributed by atoms with van der Waals surface area (Å²) in [6, 6.07) is 0.426. The van der Waals surface area contributed by atoms with Gasteiger partial charge < -0.3 is 19.4 Å². The number of amides is 1. The second-order valence-electron chi connectivity index (χ2n) is 10.3. The van der Waals surface area contributed by atoms with E-state index in [-0.39, 0.29) is 23.2 Å². The molecule has 0 heterocycles. The van der Waals surface area contributed by atoms with Crippen LogP contribution in [0.1, 0.15) is 62.3 Å². The fraction of sp³-hybridized carbons (Fsp3) is 0.950. The molecule has 0 aromatic heterocycles. The Labute approximate surface area is 163 Å². The van der Waals surface area contributed by atoms with Gasteiger partial charge in [0.05, 0.1) is 6.10 Å². The van der Waals surface area contributed by atoms with Crippen molar-refractivity contribution in [1.82, 2.24) is 10.2 Å². The second-order valence-corrected chi connectivity index (χ2v) is 15.1. The molecule has 1 N–H and O–H groups in total. The number of nitrogens with one attached hydrogen (secondary N) is 1. The quantitative estimate of drug-likeness (QED) is 0.602. The van der Waals surface area contributed by atoms with Crippen LogP contribution in [0.2, 0.25) is 18.1 Å². The van der Waals surface area contributed by atoms with Gasteiger partial charge in [-0.15, -0.1) is 0 Å². The molecule has 0 radical (unpaired) electrons. The van der Waals surface area contributed by atoms with E-state index in [1.54, 1.807) is 11.9 Å². The van der Waals surface area contributed by atoms with Gasteiger partial charge in [0.1, 0.15) is 5.60 Å². The van der Waals surface area contributed by atoms with Gasteiger partial charge in [0.2, 0.25) is 0 Å². The van der Waals surface area contributed by atoms with E-state index in [2.05, 4.69) is 60.0 Å². The fourth-order valence-corrected chi connectivity index (χ4v) is 3.54. The van der Waals surface area contributed by atoms with Crippen molar-refractivity contribution in [3.8, 4) is 0 Å². The molecule has 5 nitrogen and oxygen atoms in total. The summed E-state index contributed by atoms with van der Waals surface area (Å²) in [6.07, 6.45) is -0.329. The van der Waals surface area contributed by atoms with E-state index in [0.29, 0.717) is 12.6 Å². The van der Waals surface area contributed by atoms with E-state index in [9.17, 15) is 4.79 Å². The molecule has 0 aliphatic rings. The van der Waals surface area contributed by atoms with Gasteiger partial charge in [-0.25, -0.2) is 4.79 Å². The molecule has 0 bridgehead atoms. The lowest BCUT2D eigenvalue weighted by molar-refractivity contribution is 0.0165. The standard InChI is InChI=1S/C20H44N2O3Si/c1-15(2)21-13-16(3)17(25-26(11,12)20(7,8)9)14-22(10)18(23)24-19(4,5)6/h15-17,21H,13-14H2,1-12H3. The van der Waals surface area contributed by atoms with Crippen LogP contribution in [0, 0.1) is 5.92 Å². The summed E-state index contributed by atoms with van der Waals surface area (Å²) in [5.41, 5.74) is -0.494. The van der Waals surface area contributed by atoms with Gasteiger partial charge in [0.25, 0.3) is 0 Å². The highest BCUT2D eigenvalue weighted by molar-refractivity contribution is 6.74. The lowest BCUT2D eigenvalue weighted by Gasteiger charge is -2.42. The number of likely N-dealkylation sites (N-methyl/N-ethyl adjacent to an activating group) is 1. The van der Waals surface area contributed by atoms with Crippen LogP contribution in [0.5, 0.6) is 0 Å². The average molecular weight is 389 g/mol. The summed E-state index contributed by atoms with van der Waals surface area (Å²) in [7, 11) is -0.152. The van der Waals surface area contributed by atoms with Crippen LogP contribution < -0.4 is 5.32 Å². The molecule has 2 atom stereocenters. The van der Waals surface area contributed by atoms with Crippen LogP contribution in [0.3, 0.4) is 0 Å². The number of nitrogens with zero attached hydrogens (tertiary/aromatic N) is 1. The summed E-state index contributed by atoms with van der Waals surface area (Å²) >= 11 is 0. The third-order valence-electron chi connectivity index (χ3n) is 4.89. The van der Waals surface area contributed by atoms with E-state index in [4.69, 9.17) is 9.16 Å². The topological polar surface area (TPSA) is 50.8 Å². The zero-order valence-electron chi connectivity index (χ0n) is 19.3. The Morgan fingerprint density at radius 1 is 1.08 bits per heavy atom. The Morgan fingerprint density at radius 2 is 1.58 bits per heavy atom. The smallest absolute Gasteiger partial charge is 0.410 e. The van der Waals surface area contributed by atoms with Gasteiger partial charge >= 0.3 is 6.09 Å². The molecule has 26 heavy (non-hydrogen) atoms. The maximum absolute atomic E-state index is 12.4. The Bertz CT molecular complexity index is 439. The van der Waals surface area contributed by atoms with Gasteiger partial charge in [-0.2, -0.15) is 0 Å². The molecule has 0 spiro atoms. The van der Waals surface area contributed by atoms with Crippen molar-refractivity contribution in [2.24, 2.45) is 5.92 Å². The maximum Gasteiger partial charge on any atom is 0.410 e. The highest BCUT2D eigenvalue weighted by Gasteiger charge is 2.40. The molecule has 1 amide bonds. The van der Waals surface area contributed by atoms with Crippen LogP contribution in [-0.2, 0) is 9.16 Å². The molecule has 0 saturated heterocycles. The summed E-state index contributed by atoms with van der Waals surface area (Å²) in [5, 5.41) is 3.62. The predicted octanol–water partition coefficient (Wildman–Crippen LogP) is 4.88. The summed E-state index contributed by atoms with van der Waals surface area (Å²) in [4.78, 5) is 14.0. The molecule has 0 rings (SSSR count). The van der Waals surface area contributed by atoms with Crippen LogP contribution in [0.4, 0.5) is 4.79 Å². The van der Waals surface area contributed by atoms with E-state index in [0.717, 1.165) is 6.54 Å². The highest BCUT2D eigenvalue weighted by atomic mass is 28.4. The van der Waals surface area contributed by atoms with Gasteiger partial charge in [-0.1, -0.05) is 41.5 Å². The van der Waals surface area contributed by atoms with Crippen molar-refractivity contribution in [3.63, 3.8) is 0 Å². The Morgan fingerprint density at radius 3 is 1.96 bits per heavy atom. The number of ether oxygens (including phenoxy) is 1. The minimum atomic E-state index is -1.94. The third kappa shape index (κ3) is 9.37. The number of carbonyl (C=O) groups is 1. The molecule has 0 aliphatic heterocycles. The van der Waals surface area contributed by atoms with Crippen molar-refractivity contribution >= 4 is 14.4 Å². The summed E-state index contributed by atoms with van der Waals surface area (Å²) in [6.45, 7) is 24.8. The van der Waals surface area contributed by atoms with Crippen LogP contribution in [0.15, 0.2) is 0 Å². The minimum absolute atomic E-state index is 0.0281. The third-order valence-corrected chi connectivity index (χ3v) is 9.40. The summed E-state index contributed by atoms with van der Waals surface area (Å²) in [5.74, 6) is 0.288. The van der Waals surface area contributed by atoms with E-state index >= 15 is 0 Å². The first-order chi connectivity index (χ1) is 11.5. The number of hydrogen-bond acceptors (Lipinski definition) is 4. The number of carbonyl (C=O) groups excluding carboxylic acids is 1. The molecule has 0 saturated carbocycles. The predicted molar refractivity (Wildman–Crippen MR) is 113 cm³/mol. The van der Waals surface area contributed by atoms with Crippen molar-refractivity contribution in [3.05, 3.63) is 0 Å². The normalized spacial score (nSPS) is 15.7. The van der Waals surface area contributed by atoms with E-state index in [1.807, 2.05) is 20.8 Å². The van der Waals surface area contributed by atoms with Crippen molar-refractivity contribution < 1.29 is 14.0 Å². The fourth-order valence-electron chi connectivity index (χ4n) is 2.13. The van der Waals surface area contributed by atoms with Gasteiger partial charge in [0.15, 0.2) is 8.32 Å². The minimum Gasteiger partial charge on any atom is -0.444 e. The van der Waals surface area contributed by atoms with Gasteiger partial charge in [0, 0.05) is 26.2 Å². The first kappa shape index (κ1) is 25.4. The van der Waals surface area contributed by atoms with Gasteiger partial charge in [-0.05, 0) is 44.8 Å². The van der Waals surface area contributed by atoms with Crippen LogP contribution >= 0.6 is 0 Å². The monoisotopic (exact) mass is 388 g/mol. The zero-order valence-corrected chi connectivity index (χ0v) is 20.3. The molecule has 156 valence electrons. The highest BCUT2D eigenvalue weighted by Crippen LogP contribution is 2.38. The van der Waals surface area contributed by atoms with Crippen LogP contribution in [0.25, 0.3) is 0 Å². The lowest BCUT2D eigenvalue weighted by Crippen LogP contribution is -2.51. The first-order valence-electron chi connectivity index (χ1n) is 9.81. The molecular formula is C20H44N2O3Si. The molecule has 0 aliphatic carbocycles. The Hall–Kier alpha value is -0.593. The lowest BCUT2D eigenvalue weighted by atomic mass is 10.0. The zero-order chi connectivity index (χ0) is 20.9. The molecule has 0 aromatic carbocycles. The van der Waals surface area contributed by atoms with Crippen molar-refractivity contribution in [1.29, 1.82) is 0 Å². The SMILES string of the molecule is CC(C)NCC(C)C(CN(C)C(=O)OC(C)(C)C)O[Si](C)(C)C(C)(C)C. The Kier molecular flexibility index (Phi) is 9.34. The first-order valence-corrected chi connectivity index (χ1v) is 12.7. The Balaban J connectivity index is 5.23. The van der Waals surface area contributed by atoms with E-state index < -0.39 is 13.9 Å². The average Bonchev–Trinajstić information content (AvgIpc) is 2.40. The molecule has 0 aromatic rings.